The topological polar surface area (TPSA) is 145 Å². The first-order valence-electron chi connectivity index (χ1n) is 9.00. The number of carbonyl (C=O) groups is 4. The largest absolute Gasteiger partial charge is 0.497 e. The standard InChI is InChI=1S/C20H17N3O8/c1-30-13-7-5-12(6-8-13)9-21-16(24)11-31-17(25)10-22-19(26)14-3-2-4-15(23(28)29)18(14)20(22)27/h2-8H,9-11H2,1H3,(H,21,24). The van der Waals surface area contributed by atoms with E-state index in [9.17, 15) is 29.3 Å². The van der Waals surface area contributed by atoms with Crippen molar-refractivity contribution in [3.05, 3.63) is 69.3 Å². The van der Waals surface area contributed by atoms with Gasteiger partial charge in [0.15, 0.2) is 6.61 Å². The number of imide groups is 1. The van der Waals surface area contributed by atoms with Crippen LogP contribution in [0.1, 0.15) is 26.3 Å². The summed E-state index contributed by atoms with van der Waals surface area (Å²) in [6.07, 6.45) is 0. The number of hydrogen-bond acceptors (Lipinski definition) is 8. The molecule has 0 saturated carbocycles. The van der Waals surface area contributed by atoms with Crippen molar-refractivity contribution < 1.29 is 33.6 Å². The fraction of sp³-hybridized carbons (Fsp3) is 0.200. The Kier molecular flexibility index (Phi) is 6.24. The van der Waals surface area contributed by atoms with E-state index in [1.807, 2.05) is 0 Å². The molecule has 31 heavy (non-hydrogen) atoms. The molecule has 0 spiro atoms. The van der Waals surface area contributed by atoms with Crippen molar-refractivity contribution >= 4 is 29.4 Å². The quantitative estimate of drug-likeness (QED) is 0.285. The third kappa shape index (κ3) is 4.66. The van der Waals surface area contributed by atoms with Gasteiger partial charge in [0, 0.05) is 12.6 Å². The summed E-state index contributed by atoms with van der Waals surface area (Å²) in [7, 11) is 1.54. The minimum atomic E-state index is -1.00. The molecule has 0 saturated heterocycles. The van der Waals surface area contributed by atoms with Crippen LogP contribution in [0.4, 0.5) is 5.69 Å². The Hall–Kier alpha value is -4.28. The van der Waals surface area contributed by atoms with E-state index >= 15 is 0 Å². The minimum absolute atomic E-state index is 0.163. The molecule has 160 valence electrons. The summed E-state index contributed by atoms with van der Waals surface area (Å²) < 4.78 is 9.85. The number of hydrogen-bond donors (Lipinski definition) is 1. The fourth-order valence-corrected chi connectivity index (χ4v) is 2.93. The van der Waals surface area contributed by atoms with Gasteiger partial charge in [0.2, 0.25) is 0 Å². The van der Waals surface area contributed by atoms with Crippen LogP contribution in [-0.4, -0.2) is 53.8 Å². The molecule has 1 aliphatic rings. The lowest BCUT2D eigenvalue weighted by Gasteiger charge is -2.13. The number of amides is 3. The van der Waals surface area contributed by atoms with Gasteiger partial charge in [-0.2, -0.15) is 0 Å². The van der Waals surface area contributed by atoms with Crippen molar-refractivity contribution in [3.8, 4) is 5.75 Å². The molecule has 0 fully saturated rings. The van der Waals surface area contributed by atoms with Crippen LogP contribution < -0.4 is 10.1 Å². The van der Waals surface area contributed by atoms with Crippen molar-refractivity contribution in [1.29, 1.82) is 0 Å². The Morgan fingerprint density at radius 3 is 2.45 bits per heavy atom. The summed E-state index contributed by atoms with van der Waals surface area (Å²) in [5.41, 5.74) is -0.260. The molecular weight excluding hydrogens is 410 g/mol. The molecule has 0 aliphatic carbocycles. The summed E-state index contributed by atoms with van der Waals surface area (Å²) in [5.74, 6) is -2.72. The van der Waals surface area contributed by atoms with E-state index < -0.39 is 47.5 Å². The maximum Gasteiger partial charge on any atom is 0.326 e. The zero-order valence-corrected chi connectivity index (χ0v) is 16.3. The number of benzene rings is 2. The number of nitrogens with zero attached hydrogens (tertiary/aromatic N) is 2. The summed E-state index contributed by atoms with van der Waals surface area (Å²) in [5, 5.41) is 13.7. The second-order valence-corrected chi connectivity index (χ2v) is 6.44. The average molecular weight is 427 g/mol. The van der Waals surface area contributed by atoms with E-state index in [1.54, 1.807) is 24.3 Å². The van der Waals surface area contributed by atoms with Crippen LogP contribution >= 0.6 is 0 Å². The molecule has 3 amide bonds. The molecular formula is C20H17N3O8. The molecule has 0 aromatic heterocycles. The van der Waals surface area contributed by atoms with Crippen molar-refractivity contribution in [2.75, 3.05) is 20.3 Å². The SMILES string of the molecule is COc1ccc(CNC(=O)COC(=O)CN2C(=O)c3cccc([N+](=O)[O-])c3C2=O)cc1. The number of nitro benzene ring substituents is 1. The smallest absolute Gasteiger partial charge is 0.326 e. The van der Waals surface area contributed by atoms with E-state index in [-0.39, 0.29) is 17.7 Å². The van der Waals surface area contributed by atoms with E-state index in [1.165, 1.54) is 19.2 Å². The molecule has 2 aromatic rings. The molecule has 0 bridgehead atoms. The van der Waals surface area contributed by atoms with Gasteiger partial charge < -0.3 is 14.8 Å². The Labute approximate surface area is 175 Å². The lowest BCUT2D eigenvalue weighted by Crippen LogP contribution is -2.37. The highest BCUT2D eigenvalue weighted by Gasteiger charge is 2.41. The summed E-state index contributed by atoms with van der Waals surface area (Å²) in [6, 6.07) is 10.6. The summed E-state index contributed by atoms with van der Waals surface area (Å²) >= 11 is 0. The molecule has 1 heterocycles. The zero-order chi connectivity index (χ0) is 22.5. The maximum atomic E-state index is 12.4. The maximum absolute atomic E-state index is 12.4. The first-order chi connectivity index (χ1) is 14.8. The van der Waals surface area contributed by atoms with Crippen LogP contribution in [0.25, 0.3) is 0 Å². The second-order valence-electron chi connectivity index (χ2n) is 6.44. The second kappa shape index (κ2) is 9.03. The lowest BCUT2D eigenvalue weighted by molar-refractivity contribution is -0.385. The van der Waals surface area contributed by atoms with Crippen molar-refractivity contribution in [2.24, 2.45) is 0 Å². The molecule has 0 radical (unpaired) electrons. The molecule has 0 atom stereocenters. The van der Waals surface area contributed by atoms with E-state index in [0.717, 1.165) is 11.6 Å². The van der Waals surface area contributed by atoms with Crippen LogP contribution in [0, 0.1) is 10.1 Å². The summed E-state index contributed by atoms with van der Waals surface area (Å²) in [4.78, 5) is 59.5. The molecule has 3 rings (SSSR count). The lowest BCUT2D eigenvalue weighted by atomic mass is 10.1. The van der Waals surface area contributed by atoms with Crippen molar-refractivity contribution in [1.82, 2.24) is 10.2 Å². The third-order valence-corrected chi connectivity index (χ3v) is 4.47. The van der Waals surface area contributed by atoms with Gasteiger partial charge in [-0.15, -0.1) is 0 Å². The molecule has 1 N–H and O–H groups in total. The fourth-order valence-electron chi connectivity index (χ4n) is 2.93. The van der Waals surface area contributed by atoms with Crippen LogP contribution in [0.15, 0.2) is 42.5 Å². The van der Waals surface area contributed by atoms with E-state index in [0.29, 0.717) is 10.6 Å². The monoisotopic (exact) mass is 427 g/mol. The number of esters is 1. The van der Waals surface area contributed by atoms with Crippen LogP contribution in [-0.2, 0) is 20.9 Å². The van der Waals surface area contributed by atoms with Crippen LogP contribution in [0.5, 0.6) is 5.75 Å². The first kappa shape index (κ1) is 21.4. The van der Waals surface area contributed by atoms with Gasteiger partial charge in [-0.1, -0.05) is 18.2 Å². The van der Waals surface area contributed by atoms with Gasteiger partial charge in [0.25, 0.3) is 23.4 Å². The van der Waals surface area contributed by atoms with Gasteiger partial charge >= 0.3 is 5.97 Å². The number of nitro groups is 1. The van der Waals surface area contributed by atoms with E-state index in [4.69, 9.17) is 9.47 Å². The molecule has 2 aromatic carbocycles. The minimum Gasteiger partial charge on any atom is -0.497 e. The van der Waals surface area contributed by atoms with Gasteiger partial charge in [-0.25, -0.2) is 0 Å². The van der Waals surface area contributed by atoms with Crippen molar-refractivity contribution in [2.45, 2.75) is 6.54 Å². The third-order valence-electron chi connectivity index (χ3n) is 4.47. The van der Waals surface area contributed by atoms with Gasteiger partial charge in [-0.05, 0) is 23.8 Å². The van der Waals surface area contributed by atoms with Gasteiger partial charge in [0.05, 0.1) is 17.6 Å². The highest BCUT2D eigenvalue weighted by Crippen LogP contribution is 2.30. The van der Waals surface area contributed by atoms with Crippen LogP contribution in [0.3, 0.4) is 0 Å². The predicted octanol–water partition coefficient (Wildman–Crippen LogP) is 1.06. The normalized spacial score (nSPS) is 12.4. The average Bonchev–Trinajstić information content (AvgIpc) is 3.01. The molecule has 0 unspecified atom stereocenters. The number of nitrogens with one attached hydrogen (secondary N) is 1. The molecule has 11 nitrogen and oxygen atoms in total. The Morgan fingerprint density at radius 2 is 1.81 bits per heavy atom. The highest BCUT2D eigenvalue weighted by atomic mass is 16.6. The van der Waals surface area contributed by atoms with Gasteiger partial charge in [0.1, 0.15) is 17.9 Å². The predicted molar refractivity (Wildman–Crippen MR) is 104 cm³/mol. The first-order valence-corrected chi connectivity index (χ1v) is 9.00. The number of methoxy groups -OCH3 is 1. The van der Waals surface area contributed by atoms with Crippen LogP contribution in [0.2, 0.25) is 0 Å². The van der Waals surface area contributed by atoms with E-state index in [2.05, 4.69) is 5.32 Å². The Balaban J connectivity index is 1.52. The highest BCUT2D eigenvalue weighted by molar-refractivity contribution is 6.24. The molecule has 11 heteroatoms. The number of rotatable bonds is 8. The van der Waals surface area contributed by atoms with Crippen molar-refractivity contribution in [3.63, 3.8) is 0 Å². The number of fused-ring (bicyclic) bond motifs is 1. The Morgan fingerprint density at radius 1 is 1.10 bits per heavy atom. The number of carbonyl (C=O) groups excluding carboxylic acids is 4. The Bertz CT molecular complexity index is 1060. The van der Waals surface area contributed by atoms with Gasteiger partial charge in [-0.3, -0.25) is 34.2 Å². The number of ether oxygens (including phenoxy) is 2. The zero-order valence-electron chi connectivity index (χ0n) is 16.3. The summed E-state index contributed by atoms with van der Waals surface area (Å²) in [6.45, 7) is -1.18. The molecule has 1 aliphatic heterocycles.